The maximum atomic E-state index is 11.5. The molecule has 11 heteroatoms. The summed E-state index contributed by atoms with van der Waals surface area (Å²) in [6.45, 7) is 6.53. The van der Waals surface area contributed by atoms with Crippen molar-refractivity contribution in [2.24, 2.45) is 5.14 Å². The second-order valence-electron chi connectivity index (χ2n) is 8.80. The number of nitrogens with two attached hydrogens (primary N) is 1. The minimum Gasteiger partial charge on any atom is -0.351 e. The number of anilines is 3. The predicted molar refractivity (Wildman–Crippen MR) is 144 cm³/mol. The molecule has 0 spiro atoms. The fourth-order valence-corrected chi connectivity index (χ4v) is 5.76. The van der Waals surface area contributed by atoms with Crippen LogP contribution in [0.3, 0.4) is 0 Å². The van der Waals surface area contributed by atoms with Gasteiger partial charge in [-0.1, -0.05) is 33.6 Å². The molecule has 8 nitrogen and oxygen atoms in total. The molecule has 0 unspecified atom stereocenters. The highest BCUT2D eigenvalue weighted by Crippen LogP contribution is 2.28. The molecule has 3 aromatic rings. The maximum Gasteiger partial charge on any atom is 0.238 e. The number of primary sulfonamides is 1. The fraction of sp³-hybridized carbons (Fsp3) is 0.333. The van der Waals surface area contributed by atoms with E-state index in [1.807, 2.05) is 6.07 Å². The van der Waals surface area contributed by atoms with Crippen molar-refractivity contribution < 1.29 is 8.42 Å². The smallest absolute Gasteiger partial charge is 0.238 e. The molecule has 1 fully saturated rings. The summed E-state index contributed by atoms with van der Waals surface area (Å²) >= 11 is 9.84. The molecule has 1 aromatic heterocycles. The van der Waals surface area contributed by atoms with Gasteiger partial charge < -0.3 is 10.6 Å². The first-order chi connectivity index (χ1) is 16.6. The van der Waals surface area contributed by atoms with E-state index in [0.717, 1.165) is 58.6 Å². The quantitative estimate of drug-likeness (QED) is 0.362. The van der Waals surface area contributed by atoms with Crippen LogP contribution < -0.4 is 15.8 Å². The molecule has 2 aromatic carbocycles. The molecule has 35 heavy (non-hydrogen) atoms. The first-order valence-corrected chi connectivity index (χ1v) is 14.0. The number of sulfonamides is 1. The lowest BCUT2D eigenvalue weighted by Crippen LogP contribution is -2.39. The molecule has 0 amide bonds. The summed E-state index contributed by atoms with van der Waals surface area (Å²) in [5.74, 6) is 1.34. The minimum atomic E-state index is -3.76. The summed E-state index contributed by atoms with van der Waals surface area (Å²) < 4.78 is 24.1. The number of hydrogen-bond acceptors (Lipinski definition) is 7. The van der Waals surface area contributed by atoms with Gasteiger partial charge in [0.15, 0.2) is 0 Å². The summed E-state index contributed by atoms with van der Waals surface area (Å²) in [5, 5.41) is 12.5. The van der Waals surface area contributed by atoms with E-state index in [4.69, 9.17) is 16.7 Å². The van der Waals surface area contributed by atoms with Gasteiger partial charge in [0.25, 0.3) is 0 Å². The molecule has 1 aliphatic rings. The second-order valence-corrected chi connectivity index (χ2v) is 11.7. The normalized spacial score (nSPS) is 15.2. The van der Waals surface area contributed by atoms with Crippen LogP contribution in [0, 0.1) is 13.8 Å². The van der Waals surface area contributed by atoms with Crippen LogP contribution in [-0.2, 0) is 16.6 Å². The SMILES string of the molecule is Cc1cc(Br)cc(C)c1Nc1ccnc(NC2CCN(Cc3ccc(S(N)(=O)=O)cc3Cl)CC2)n1. The zero-order valence-corrected chi connectivity index (χ0v) is 22.7. The molecular formula is C24H28BrClN6O2S. The zero-order valence-electron chi connectivity index (χ0n) is 19.6. The molecule has 0 aliphatic carbocycles. The summed E-state index contributed by atoms with van der Waals surface area (Å²) in [5.41, 5.74) is 4.20. The van der Waals surface area contributed by atoms with E-state index in [1.54, 1.807) is 12.3 Å². The third kappa shape index (κ3) is 6.71. The molecule has 1 saturated heterocycles. The van der Waals surface area contributed by atoms with E-state index >= 15 is 0 Å². The summed E-state index contributed by atoms with van der Waals surface area (Å²) in [7, 11) is -3.76. The van der Waals surface area contributed by atoms with Crippen molar-refractivity contribution in [3.63, 3.8) is 0 Å². The van der Waals surface area contributed by atoms with Crippen molar-refractivity contribution >= 4 is 55.0 Å². The van der Waals surface area contributed by atoms with Crippen LogP contribution in [0.2, 0.25) is 5.02 Å². The first-order valence-electron chi connectivity index (χ1n) is 11.3. The van der Waals surface area contributed by atoms with Gasteiger partial charge in [0.05, 0.1) is 4.90 Å². The van der Waals surface area contributed by atoms with Crippen LogP contribution >= 0.6 is 27.5 Å². The lowest BCUT2D eigenvalue weighted by atomic mass is 10.0. The monoisotopic (exact) mass is 578 g/mol. The number of benzene rings is 2. The van der Waals surface area contributed by atoms with Gasteiger partial charge >= 0.3 is 0 Å². The number of nitrogens with zero attached hydrogens (tertiary/aromatic N) is 3. The third-order valence-electron chi connectivity index (χ3n) is 6.07. The maximum absolute atomic E-state index is 11.5. The highest BCUT2D eigenvalue weighted by Gasteiger charge is 2.21. The number of likely N-dealkylation sites (tertiary alicyclic amines) is 1. The Bertz CT molecular complexity index is 1310. The van der Waals surface area contributed by atoms with Crippen LogP contribution in [0.15, 0.2) is 52.0 Å². The largest absolute Gasteiger partial charge is 0.351 e. The van der Waals surface area contributed by atoms with Crippen molar-refractivity contribution in [3.8, 4) is 0 Å². The van der Waals surface area contributed by atoms with Gasteiger partial charge in [-0.2, -0.15) is 4.98 Å². The van der Waals surface area contributed by atoms with Gasteiger partial charge in [-0.15, -0.1) is 0 Å². The van der Waals surface area contributed by atoms with E-state index in [0.29, 0.717) is 17.5 Å². The highest BCUT2D eigenvalue weighted by molar-refractivity contribution is 9.10. The zero-order chi connectivity index (χ0) is 25.2. The van der Waals surface area contributed by atoms with Crippen molar-refractivity contribution in [2.45, 2.75) is 44.2 Å². The Kier molecular flexibility index (Phi) is 7.97. The summed E-state index contributed by atoms with van der Waals surface area (Å²) in [4.78, 5) is 11.4. The highest BCUT2D eigenvalue weighted by atomic mass is 79.9. The molecule has 0 saturated carbocycles. The van der Waals surface area contributed by atoms with Crippen molar-refractivity contribution in [3.05, 3.63) is 68.8 Å². The molecular weight excluding hydrogens is 552 g/mol. The number of rotatable bonds is 7. The third-order valence-corrected chi connectivity index (χ3v) is 7.79. The number of aryl methyl sites for hydroxylation is 2. The fourth-order valence-electron chi connectivity index (χ4n) is 4.23. The van der Waals surface area contributed by atoms with Crippen molar-refractivity contribution in [2.75, 3.05) is 23.7 Å². The van der Waals surface area contributed by atoms with Crippen LogP contribution in [0.4, 0.5) is 17.5 Å². The van der Waals surface area contributed by atoms with E-state index in [2.05, 4.69) is 67.4 Å². The Morgan fingerprint density at radius 3 is 2.46 bits per heavy atom. The van der Waals surface area contributed by atoms with E-state index in [9.17, 15) is 8.42 Å². The van der Waals surface area contributed by atoms with Gasteiger partial charge in [0.1, 0.15) is 5.82 Å². The number of halogens is 2. The van der Waals surface area contributed by atoms with E-state index in [1.165, 1.54) is 12.1 Å². The Morgan fingerprint density at radius 1 is 1.14 bits per heavy atom. The van der Waals surface area contributed by atoms with Crippen LogP contribution in [0.25, 0.3) is 0 Å². The molecule has 1 aliphatic heterocycles. The van der Waals surface area contributed by atoms with Gasteiger partial charge in [-0.3, -0.25) is 4.90 Å². The number of piperidine rings is 1. The summed E-state index contributed by atoms with van der Waals surface area (Å²) in [6.07, 6.45) is 3.61. The predicted octanol–water partition coefficient (Wildman–Crippen LogP) is 4.98. The molecule has 0 radical (unpaired) electrons. The second kappa shape index (κ2) is 10.8. The molecule has 4 rings (SSSR count). The summed E-state index contributed by atoms with van der Waals surface area (Å²) in [6, 6.07) is 10.9. The topological polar surface area (TPSA) is 113 Å². The standard InChI is InChI=1S/C24H28BrClN6O2S/c1-15-11-18(25)12-16(2)23(15)30-22-5-8-28-24(31-22)29-19-6-9-32(10-7-19)14-17-3-4-20(13-21(17)26)35(27,33)34/h3-5,8,11-13,19H,6-7,9-10,14H2,1-2H3,(H2,27,33,34)(H2,28,29,30,31). The van der Waals surface area contributed by atoms with Crippen molar-refractivity contribution in [1.29, 1.82) is 0 Å². The van der Waals surface area contributed by atoms with Gasteiger partial charge in [0.2, 0.25) is 16.0 Å². The van der Waals surface area contributed by atoms with E-state index < -0.39 is 10.0 Å². The number of nitrogens with one attached hydrogen (secondary N) is 2. The van der Waals surface area contributed by atoms with Crippen LogP contribution in [0.5, 0.6) is 0 Å². The Hall–Kier alpha value is -2.24. The van der Waals surface area contributed by atoms with E-state index in [-0.39, 0.29) is 10.9 Å². The minimum absolute atomic E-state index is 0.0244. The molecule has 186 valence electrons. The number of aromatic nitrogens is 2. The Morgan fingerprint density at radius 2 is 1.83 bits per heavy atom. The molecule has 0 atom stereocenters. The molecule has 4 N–H and O–H groups in total. The van der Waals surface area contributed by atoms with Gasteiger partial charge in [-0.05, 0) is 73.7 Å². The average molecular weight is 580 g/mol. The van der Waals surface area contributed by atoms with Gasteiger partial charge in [0, 0.05) is 47.1 Å². The average Bonchev–Trinajstić information content (AvgIpc) is 2.78. The van der Waals surface area contributed by atoms with Crippen LogP contribution in [-0.4, -0.2) is 42.4 Å². The molecule has 2 heterocycles. The lowest BCUT2D eigenvalue weighted by Gasteiger charge is -2.32. The Labute approximate surface area is 219 Å². The first kappa shape index (κ1) is 25.8. The molecule has 0 bridgehead atoms. The van der Waals surface area contributed by atoms with Crippen molar-refractivity contribution in [1.82, 2.24) is 14.9 Å². The van der Waals surface area contributed by atoms with Crippen LogP contribution in [0.1, 0.15) is 29.5 Å². The van der Waals surface area contributed by atoms with Gasteiger partial charge in [-0.25, -0.2) is 18.5 Å². The number of hydrogen-bond donors (Lipinski definition) is 3. The Balaban J connectivity index is 1.33. The lowest BCUT2D eigenvalue weighted by molar-refractivity contribution is 0.211.